The van der Waals surface area contributed by atoms with E-state index in [0.717, 1.165) is 12.8 Å². The van der Waals surface area contributed by atoms with Crippen molar-refractivity contribution in [2.75, 3.05) is 5.32 Å². The first-order chi connectivity index (χ1) is 6.57. The highest BCUT2D eigenvalue weighted by atomic mass is 19.1. The normalized spacial score (nSPS) is 18.8. The molecule has 0 bridgehead atoms. The summed E-state index contributed by atoms with van der Waals surface area (Å²) in [6.45, 7) is 3.89. The fourth-order valence-corrected chi connectivity index (χ4v) is 1.74. The largest absolute Gasteiger partial charge is 0.365 e. The van der Waals surface area contributed by atoms with Crippen molar-refractivity contribution in [3.05, 3.63) is 17.8 Å². The third-order valence-electron chi connectivity index (χ3n) is 2.71. The van der Waals surface area contributed by atoms with Gasteiger partial charge in [-0.1, -0.05) is 0 Å². The molecular formula is C10H14FN3. The average Bonchev–Trinajstić information content (AvgIpc) is 1.99. The quantitative estimate of drug-likeness (QED) is 0.736. The molecular weight excluding hydrogens is 181 g/mol. The minimum Gasteiger partial charge on any atom is -0.365 e. The lowest BCUT2D eigenvalue weighted by Gasteiger charge is -2.39. The van der Waals surface area contributed by atoms with Crippen molar-refractivity contribution in [2.45, 2.75) is 38.6 Å². The van der Waals surface area contributed by atoms with Crippen LogP contribution in [0.3, 0.4) is 0 Å². The molecule has 0 atom stereocenters. The fraction of sp³-hybridized carbons (Fsp3) is 0.600. The van der Waals surface area contributed by atoms with Crippen molar-refractivity contribution in [1.29, 1.82) is 0 Å². The van der Waals surface area contributed by atoms with Gasteiger partial charge in [-0.15, -0.1) is 0 Å². The number of halogens is 1. The summed E-state index contributed by atoms with van der Waals surface area (Å²) in [5.74, 6) is 0.595. The topological polar surface area (TPSA) is 37.8 Å². The van der Waals surface area contributed by atoms with Gasteiger partial charge in [0.15, 0.2) is 0 Å². The molecule has 1 aromatic rings. The van der Waals surface area contributed by atoms with Gasteiger partial charge < -0.3 is 5.32 Å². The van der Waals surface area contributed by atoms with E-state index in [-0.39, 0.29) is 5.54 Å². The first kappa shape index (κ1) is 9.37. The summed E-state index contributed by atoms with van der Waals surface area (Å²) in [5.41, 5.74) is 0.760. The lowest BCUT2D eigenvalue weighted by molar-refractivity contribution is 0.305. The van der Waals surface area contributed by atoms with E-state index in [9.17, 15) is 4.39 Å². The van der Waals surface area contributed by atoms with Crippen molar-refractivity contribution in [3.63, 3.8) is 0 Å². The molecule has 0 radical (unpaired) electrons. The highest BCUT2D eigenvalue weighted by Crippen LogP contribution is 2.34. The van der Waals surface area contributed by atoms with Gasteiger partial charge in [-0.2, -0.15) is 9.37 Å². The molecule has 1 heterocycles. The second kappa shape index (κ2) is 3.19. The summed E-state index contributed by atoms with van der Waals surface area (Å²) < 4.78 is 12.9. The Morgan fingerprint density at radius 2 is 2.14 bits per heavy atom. The second-order valence-electron chi connectivity index (χ2n) is 4.20. The standard InChI is InChI=1S/C10H14FN3/c1-7-6-8(13-9(11)12-7)14-10(2)4-3-5-10/h6H,3-5H2,1-2H3,(H,12,13,14). The van der Waals surface area contributed by atoms with Crippen molar-refractivity contribution >= 4 is 5.82 Å². The summed E-state index contributed by atoms with van der Waals surface area (Å²) in [6, 6.07) is 1.77. The highest BCUT2D eigenvalue weighted by molar-refractivity contribution is 5.38. The number of anilines is 1. The third-order valence-corrected chi connectivity index (χ3v) is 2.71. The van der Waals surface area contributed by atoms with Crippen molar-refractivity contribution in [2.24, 2.45) is 0 Å². The van der Waals surface area contributed by atoms with Gasteiger partial charge in [0.1, 0.15) is 5.82 Å². The fourth-order valence-electron chi connectivity index (χ4n) is 1.74. The van der Waals surface area contributed by atoms with Crippen LogP contribution in [0.15, 0.2) is 6.07 Å². The van der Waals surface area contributed by atoms with Crippen LogP contribution in [0.1, 0.15) is 31.9 Å². The van der Waals surface area contributed by atoms with Crippen LogP contribution in [0.4, 0.5) is 10.2 Å². The van der Waals surface area contributed by atoms with Gasteiger partial charge in [-0.25, -0.2) is 4.98 Å². The van der Waals surface area contributed by atoms with Crippen molar-refractivity contribution in [1.82, 2.24) is 9.97 Å². The number of rotatable bonds is 2. The molecule has 3 nitrogen and oxygen atoms in total. The molecule has 0 saturated heterocycles. The Morgan fingerprint density at radius 3 is 2.64 bits per heavy atom. The molecule has 4 heteroatoms. The van der Waals surface area contributed by atoms with E-state index in [2.05, 4.69) is 22.2 Å². The van der Waals surface area contributed by atoms with Crippen LogP contribution in [0.5, 0.6) is 0 Å². The SMILES string of the molecule is Cc1cc(NC2(C)CCC2)nc(F)n1. The van der Waals surface area contributed by atoms with Gasteiger partial charge >= 0.3 is 6.08 Å². The van der Waals surface area contributed by atoms with E-state index in [4.69, 9.17) is 0 Å². The first-order valence-corrected chi connectivity index (χ1v) is 4.87. The maximum absolute atomic E-state index is 12.9. The van der Waals surface area contributed by atoms with Gasteiger partial charge in [0, 0.05) is 17.3 Å². The van der Waals surface area contributed by atoms with E-state index in [1.54, 1.807) is 13.0 Å². The molecule has 1 fully saturated rings. The van der Waals surface area contributed by atoms with E-state index in [0.29, 0.717) is 11.5 Å². The van der Waals surface area contributed by atoms with Crippen LogP contribution in [0.2, 0.25) is 0 Å². The summed E-state index contributed by atoms with van der Waals surface area (Å²) >= 11 is 0. The van der Waals surface area contributed by atoms with Gasteiger partial charge in [-0.3, -0.25) is 0 Å². The zero-order chi connectivity index (χ0) is 10.2. The molecule has 1 saturated carbocycles. The predicted octanol–water partition coefficient (Wildman–Crippen LogP) is 2.28. The van der Waals surface area contributed by atoms with E-state index < -0.39 is 6.08 Å². The molecule has 0 spiro atoms. The monoisotopic (exact) mass is 195 g/mol. The highest BCUT2D eigenvalue weighted by Gasteiger charge is 2.31. The Morgan fingerprint density at radius 1 is 1.43 bits per heavy atom. The Balaban J connectivity index is 2.16. The number of aryl methyl sites for hydroxylation is 1. The molecule has 0 unspecified atom stereocenters. The van der Waals surface area contributed by atoms with Crippen LogP contribution in [-0.4, -0.2) is 15.5 Å². The van der Waals surface area contributed by atoms with Crippen LogP contribution in [0, 0.1) is 13.0 Å². The molecule has 0 aromatic carbocycles. The minimum atomic E-state index is -0.657. The first-order valence-electron chi connectivity index (χ1n) is 4.87. The molecule has 0 aliphatic heterocycles. The molecule has 1 N–H and O–H groups in total. The zero-order valence-electron chi connectivity index (χ0n) is 8.47. The number of hydrogen-bond acceptors (Lipinski definition) is 3. The number of nitrogens with zero attached hydrogens (tertiary/aromatic N) is 2. The van der Waals surface area contributed by atoms with Crippen LogP contribution >= 0.6 is 0 Å². The number of hydrogen-bond donors (Lipinski definition) is 1. The Hall–Kier alpha value is -1.19. The number of aromatic nitrogens is 2. The van der Waals surface area contributed by atoms with Crippen molar-refractivity contribution in [3.8, 4) is 0 Å². The Labute approximate surface area is 82.8 Å². The van der Waals surface area contributed by atoms with Crippen LogP contribution < -0.4 is 5.32 Å². The lowest BCUT2D eigenvalue weighted by Crippen LogP contribution is -2.42. The molecule has 0 amide bonds. The minimum absolute atomic E-state index is 0.104. The molecule has 76 valence electrons. The molecule has 1 aliphatic rings. The van der Waals surface area contributed by atoms with Gasteiger partial charge in [0.25, 0.3) is 0 Å². The summed E-state index contributed by atoms with van der Waals surface area (Å²) in [5, 5.41) is 3.25. The maximum atomic E-state index is 12.9. The van der Waals surface area contributed by atoms with Crippen molar-refractivity contribution < 1.29 is 4.39 Å². The Bertz CT molecular complexity index is 327. The summed E-state index contributed by atoms with van der Waals surface area (Å²) in [4.78, 5) is 7.30. The van der Waals surface area contributed by atoms with Crippen LogP contribution in [-0.2, 0) is 0 Å². The maximum Gasteiger partial charge on any atom is 0.310 e. The molecule has 2 rings (SSSR count). The summed E-state index contributed by atoms with van der Waals surface area (Å²) in [7, 11) is 0. The van der Waals surface area contributed by atoms with Crippen LogP contribution in [0.25, 0.3) is 0 Å². The van der Waals surface area contributed by atoms with Gasteiger partial charge in [0.2, 0.25) is 0 Å². The van der Waals surface area contributed by atoms with Gasteiger partial charge in [0.05, 0.1) is 0 Å². The number of nitrogens with one attached hydrogen (secondary N) is 1. The molecule has 1 aromatic heterocycles. The average molecular weight is 195 g/mol. The van der Waals surface area contributed by atoms with E-state index >= 15 is 0 Å². The Kier molecular flexibility index (Phi) is 2.13. The lowest BCUT2D eigenvalue weighted by atomic mass is 9.78. The third kappa shape index (κ3) is 1.84. The predicted molar refractivity (Wildman–Crippen MR) is 52.6 cm³/mol. The second-order valence-corrected chi connectivity index (χ2v) is 4.20. The molecule has 1 aliphatic carbocycles. The zero-order valence-corrected chi connectivity index (χ0v) is 8.47. The van der Waals surface area contributed by atoms with E-state index in [1.165, 1.54) is 6.42 Å². The molecule has 14 heavy (non-hydrogen) atoms. The smallest absolute Gasteiger partial charge is 0.310 e. The summed E-state index contributed by atoms with van der Waals surface area (Å²) in [6.07, 6.45) is 2.82. The van der Waals surface area contributed by atoms with Gasteiger partial charge in [-0.05, 0) is 33.1 Å². The van der Waals surface area contributed by atoms with E-state index in [1.807, 2.05) is 0 Å².